The van der Waals surface area contributed by atoms with Crippen LogP contribution in [0.5, 0.6) is 5.75 Å². The molecule has 0 radical (unpaired) electrons. The number of nitrogens with zero attached hydrogens (tertiary/aromatic N) is 1. The molecule has 1 aliphatic rings. The molecule has 1 saturated heterocycles. The topological polar surface area (TPSA) is 63.7 Å². The molecule has 0 N–H and O–H groups in total. The monoisotopic (exact) mass is 551 g/mol. The Hall–Kier alpha value is -2.48. The predicted octanol–water partition coefficient (Wildman–Crippen LogP) is 7.76. The number of halogens is 4. The van der Waals surface area contributed by atoms with Crippen LogP contribution in [0.25, 0.3) is 6.08 Å². The van der Waals surface area contributed by atoms with Crippen molar-refractivity contribution in [1.82, 2.24) is 4.90 Å². The van der Waals surface area contributed by atoms with Crippen molar-refractivity contribution in [2.24, 2.45) is 0 Å². The second-order valence-electron chi connectivity index (χ2n) is 7.10. The molecule has 34 heavy (non-hydrogen) atoms. The molecular formula is C24H13Cl4NO4S. The van der Waals surface area contributed by atoms with Gasteiger partial charge in [-0.1, -0.05) is 64.6 Å². The standard InChI is InChI=1S/C24H13Cl4NO4S/c25-15-5-6-17(19(27)11-15)23(31)33-16-3-1-2-13(8-16)10-21-22(30)29(24(32)34-21)12-14-4-7-18(26)20(28)9-14/h1-11H,12H2/b21-10-. The second-order valence-corrected chi connectivity index (χ2v) is 9.75. The van der Waals surface area contributed by atoms with Gasteiger partial charge >= 0.3 is 5.97 Å². The van der Waals surface area contributed by atoms with Crippen LogP contribution in [0, 0.1) is 0 Å². The highest BCUT2D eigenvalue weighted by molar-refractivity contribution is 8.18. The summed E-state index contributed by atoms with van der Waals surface area (Å²) in [5.74, 6) is -0.836. The fourth-order valence-corrected chi connectivity index (χ4v) is 4.74. The number of esters is 1. The van der Waals surface area contributed by atoms with Gasteiger partial charge in [-0.2, -0.15) is 0 Å². The van der Waals surface area contributed by atoms with E-state index >= 15 is 0 Å². The summed E-state index contributed by atoms with van der Waals surface area (Å²) < 4.78 is 5.41. The number of ether oxygens (including phenoxy) is 1. The van der Waals surface area contributed by atoms with Crippen LogP contribution in [0.2, 0.25) is 20.1 Å². The van der Waals surface area contributed by atoms with Gasteiger partial charge < -0.3 is 4.74 Å². The van der Waals surface area contributed by atoms with E-state index in [2.05, 4.69) is 0 Å². The summed E-state index contributed by atoms with van der Waals surface area (Å²) >= 11 is 24.7. The van der Waals surface area contributed by atoms with Crippen molar-refractivity contribution in [3.05, 3.63) is 102 Å². The highest BCUT2D eigenvalue weighted by Gasteiger charge is 2.35. The Labute approximate surface area is 219 Å². The molecule has 0 aromatic heterocycles. The van der Waals surface area contributed by atoms with Crippen LogP contribution >= 0.6 is 58.2 Å². The molecule has 172 valence electrons. The van der Waals surface area contributed by atoms with Crippen molar-refractivity contribution in [1.29, 1.82) is 0 Å². The van der Waals surface area contributed by atoms with E-state index in [9.17, 15) is 14.4 Å². The largest absolute Gasteiger partial charge is 0.423 e. The van der Waals surface area contributed by atoms with E-state index in [4.69, 9.17) is 51.1 Å². The summed E-state index contributed by atoms with van der Waals surface area (Å²) in [6.45, 7) is 0.0679. The van der Waals surface area contributed by atoms with Gasteiger partial charge in [-0.05, 0) is 71.4 Å². The normalized spacial score (nSPS) is 14.7. The van der Waals surface area contributed by atoms with Crippen LogP contribution in [0.4, 0.5) is 4.79 Å². The number of amides is 2. The fraction of sp³-hybridized carbons (Fsp3) is 0.0417. The predicted molar refractivity (Wildman–Crippen MR) is 136 cm³/mol. The Morgan fingerprint density at radius 2 is 1.71 bits per heavy atom. The van der Waals surface area contributed by atoms with Crippen LogP contribution in [0.15, 0.2) is 65.6 Å². The number of rotatable bonds is 5. The van der Waals surface area contributed by atoms with E-state index in [-0.39, 0.29) is 27.8 Å². The molecule has 0 aliphatic carbocycles. The van der Waals surface area contributed by atoms with E-state index in [0.29, 0.717) is 26.2 Å². The first-order valence-corrected chi connectivity index (χ1v) is 12.0. The number of hydrogen-bond donors (Lipinski definition) is 0. The molecule has 1 fully saturated rings. The third-order valence-corrected chi connectivity index (χ3v) is 6.91. The van der Waals surface area contributed by atoms with Gasteiger partial charge in [0, 0.05) is 5.02 Å². The summed E-state index contributed by atoms with van der Waals surface area (Å²) in [4.78, 5) is 39.1. The Morgan fingerprint density at radius 3 is 2.44 bits per heavy atom. The third kappa shape index (κ3) is 5.59. The van der Waals surface area contributed by atoms with Crippen molar-refractivity contribution in [3.8, 4) is 5.75 Å². The van der Waals surface area contributed by atoms with Crippen molar-refractivity contribution >= 4 is 81.4 Å². The molecule has 10 heteroatoms. The average molecular weight is 553 g/mol. The molecule has 3 aromatic carbocycles. The van der Waals surface area contributed by atoms with Crippen LogP contribution in [0.1, 0.15) is 21.5 Å². The molecule has 0 spiro atoms. The van der Waals surface area contributed by atoms with Gasteiger partial charge in [-0.25, -0.2) is 4.79 Å². The van der Waals surface area contributed by atoms with Crippen molar-refractivity contribution in [2.75, 3.05) is 0 Å². The number of benzene rings is 3. The quantitative estimate of drug-likeness (QED) is 0.184. The van der Waals surface area contributed by atoms with Crippen LogP contribution in [0.3, 0.4) is 0 Å². The molecule has 0 atom stereocenters. The lowest BCUT2D eigenvalue weighted by Gasteiger charge is -2.13. The van der Waals surface area contributed by atoms with Gasteiger partial charge in [0.05, 0.1) is 32.1 Å². The van der Waals surface area contributed by atoms with Crippen LogP contribution in [-0.4, -0.2) is 22.0 Å². The lowest BCUT2D eigenvalue weighted by molar-refractivity contribution is -0.123. The lowest BCUT2D eigenvalue weighted by Crippen LogP contribution is -2.27. The Morgan fingerprint density at radius 1 is 0.912 bits per heavy atom. The summed E-state index contributed by atoms with van der Waals surface area (Å²) in [7, 11) is 0. The molecular weight excluding hydrogens is 540 g/mol. The van der Waals surface area contributed by atoms with Gasteiger partial charge in [0.15, 0.2) is 0 Å². The summed E-state index contributed by atoms with van der Waals surface area (Å²) in [5.41, 5.74) is 1.42. The van der Waals surface area contributed by atoms with Gasteiger partial charge in [0.1, 0.15) is 5.75 Å². The Kier molecular flexibility index (Phi) is 7.55. The first kappa shape index (κ1) is 24.6. The van der Waals surface area contributed by atoms with Gasteiger partial charge in [-0.3, -0.25) is 14.5 Å². The van der Waals surface area contributed by atoms with Crippen molar-refractivity contribution < 1.29 is 19.1 Å². The minimum Gasteiger partial charge on any atom is -0.423 e. The summed E-state index contributed by atoms with van der Waals surface area (Å²) in [6.07, 6.45) is 1.56. The van der Waals surface area contributed by atoms with Gasteiger partial charge in [0.2, 0.25) is 0 Å². The fourth-order valence-electron chi connectivity index (χ4n) is 3.09. The molecule has 1 heterocycles. The van der Waals surface area contributed by atoms with Gasteiger partial charge in [-0.15, -0.1) is 0 Å². The lowest BCUT2D eigenvalue weighted by atomic mass is 10.2. The minimum absolute atomic E-state index is 0.0679. The van der Waals surface area contributed by atoms with Crippen molar-refractivity contribution in [3.63, 3.8) is 0 Å². The maximum absolute atomic E-state index is 12.8. The summed E-state index contributed by atoms with van der Waals surface area (Å²) in [6, 6.07) is 15.9. The highest BCUT2D eigenvalue weighted by atomic mass is 35.5. The summed E-state index contributed by atoms with van der Waals surface area (Å²) in [5, 5.41) is 0.898. The zero-order valence-corrected chi connectivity index (χ0v) is 20.9. The number of hydrogen-bond acceptors (Lipinski definition) is 5. The number of imide groups is 1. The minimum atomic E-state index is -0.652. The number of thioether (sulfide) groups is 1. The van der Waals surface area contributed by atoms with E-state index < -0.39 is 17.1 Å². The van der Waals surface area contributed by atoms with Crippen LogP contribution < -0.4 is 4.74 Å². The van der Waals surface area contributed by atoms with Crippen molar-refractivity contribution in [2.45, 2.75) is 6.54 Å². The SMILES string of the molecule is O=C(Oc1cccc(/C=C2\SC(=O)N(Cc3ccc(Cl)c(Cl)c3)C2=O)c1)c1ccc(Cl)cc1Cl. The molecule has 0 saturated carbocycles. The molecule has 4 rings (SSSR count). The smallest absolute Gasteiger partial charge is 0.345 e. The molecule has 5 nitrogen and oxygen atoms in total. The number of carbonyl (C=O) groups excluding carboxylic acids is 3. The number of carbonyl (C=O) groups is 3. The maximum atomic E-state index is 12.8. The maximum Gasteiger partial charge on any atom is 0.345 e. The zero-order valence-electron chi connectivity index (χ0n) is 17.1. The zero-order chi connectivity index (χ0) is 24.4. The molecule has 1 aliphatic heterocycles. The Balaban J connectivity index is 1.50. The molecule has 0 bridgehead atoms. The second kappa shape index (κ2) is 10.4. The first-order valence-electron chi connectivity index (χ1n) is 9.68. The van der Waals surface area contributed by atoms with Crippen LogP contribution in [-0.2, 0) is 11.3 Å². The van der Waals surface area contributed by atoms with E-state index in [1.54, 1.807) is 48.5 Å². The molecule has 3 aromatic rings. The van der Waals surface area contributed by atoms with Gasteiger partial charge in [0.25, 0.3) is 11.1 Å². The first-order chi connectivity index (χ1) is 16.2. The van der Waals surface area contributed by atoms with E-state index in [1.165, 1.54) is 18.2 Å². The Bertz CT molecular complexity index is 1360. The van der Waals surface area contributed by atoms with E-state index in [0.717, 1.165) is 16.7 Å². The van der Waals surface area contributed by atoms with E-state index in [1.807, 2.05) is 0 Å². The highest BCUT2D eigenvalue weighted by Crippen LogP contribution is 2.34. The molecule has 0 unspecified atom stereocenters. The average Bonchev–Trinajstić information content (AvgIpc) is 3.03. The third-order valence-electron chi connectivity index (χ3n) is 4.72. The molecule has 2 amide bonds.